The average molecular weight is 296 g/mol. The Hall–Kier alpha value is -0.490. The van der Waals surface area contributed by atoms with Gasteiger partial charge in [-0.05, 0) is 56.1 Å². The van der Waals surface area contributed by atoms with E-state index in [4.69, 9.17) is 15.0 Å². The van der Waals surface area contributed by atoms with Gasteiger partial charge in [0.05, 0.1) is 17.9 Å². The van der Waals surface area contributed by atoms with Crippen LogP contribution in [-0.2, 0) is 4.74 Å². The standard InChI is InChI=1S/C15H24N2O2S/c1-11-8-13(10-18-11)14(17-16)12-2-5-19-15(9-12)3-6-20-7-4-15/h8,10,12,14,17H,2-7,9,16H2,1H3. The lowest BCUT2D eigenvalue weighted by molar-refractivity contribution is -0.107. The fraction of sp³-hybridized carbons (Fsp3) is 0.733. The molecule has 3 heterocycles. The molecule has 112 valence electrons. The zero-order chi connectivity index (χ0) is 14.0. The van der Waals surface area contributed by atoms with Gasteiger partial charge < -0.3 is 9.15 Å². The molecule has 3 N–H and O–H groups in total. The van der Waals surface area contributed by atoms with Crippen LogP contribution in [0.5, 0.6) is 0 Å². The van der Waals surface area contributed by atoms with Crippen molar-refractivity contribution in [2.24, 2.45) is 11.8 Å². The van der Waals surface area contributed by atoms with Gasteiger partial charge in [0, 0.05) is 12.2 Å². The van der Waals surface area contributed by atoms with Gasteiger partial charge in [0.25, 0.3) is 0 Å². The van der Waals surface area contributed by atoms with Gasteiger partial charge in [0.15, 0.2) is 0 Å². The summed E-state index contributed by atoms with van der Waals surface area (Å²) in [6.45, 7) is 2.82. The van der Waals surface area contributed by atoms with Crippen molar-refractivity contribution in [3.8, 4) is 0 Å². The summed E-state index contributed by atoms with van der Waals surface area (Å²) in [6.07, 6.45) is 6.35. The zero-order valence-corrected chi connectivity index (χ0v) is 12.9. The Balaban J connectivity index is 1.74. The minimum Gasteiger partial charge on any atom is -0.469 e. The molecule has 2 fully saturated rings. The predicted molar refractivity (Wildman–Crippen MR) is 81.5 cm³/mol. The lowest BCUT2D eigenvalue weighted by atomic mass is 9.77. The molecule has 0 aliphatic carbocycles. The van der Waals surface area contributed by atoms with E-state index in [1.807, 2.05) is 24.9 Å². The third-order valence-corrected chi connectivity index (χ3v) is 5.68. The molecule has 2 aliphatic rings. The molecular weight excluding hydrogens is 272 g/mol. The SMILES string of the molecule is Cc1cc(C(NN)C2CCOC3(CCSCC3)C2)co1. The van der Waals surface area contributed by atoms with E-state index >= 15 is 0 Å². The van der Waals surface area contributed by atoms with E-state index in [9.17, 15) is 0 Å². The van der Waals surface area contributed by atoms with E-state index in [-0.39, 0.29) is 11.6 Å². The molecule has 1 aromatic rings. The molecule has 0 aromatic carbocycles. The van der Waals surface area contributed by atoms with E-state index in [1.165, 1.54) is 24.3 Å². The number of furan rings is 1. The number of nitrogens with one attached hydrogen (secondary N) is 1. The van der Waals surface area contributed by atoms with Crippen LogP contribution in [-0.4, -0.2) is 23.7 Å². The molecule has 1 aromatic heterocycles. The van der Waals surface area contributed by atoms with Crippen LogP contribution in [0.25, 0.3) is 0 Å². The summed E-state index contributed by atoms with van der Waals surface area (Å²) in [7, 11) is 0. The molecule has 0 bridgehead atoms. The van der Waals surface area contributed by atoms with Gasteiger partial charge in [-0.15, -0.1) is 0 Å². The molecular formula is C15H24N2O2S. The van der Waals surface area contributed by atoms with Crippen LogP contribution in [0, 0.1) is 12.8 Å². The summed E-state index contributed by atoms with van der Waals surface area (Å²) in [5.41, 5.74) is 4.27. The Kier molecular flexibility index (Phi) is 4.40. The normalized spacial score (nSPS) is 27.6. The summed E-state index contributed by atoms with van der Waals surface area (Å²) >= 11 is 2.04. The second-order valence-corrected chi connectivity index (χ2v) is 7.26. The highest BCUT2D eigenvalue weighted by Crippen LogP contribution is 2.43. The predicted octanol–water partition coefficient (Wildman–Crippen LogP) is 2.78. The van der Waals surface area contributed by atoms with Crippen molar-refractivity contribution in [2.75, 3.05) is 18.1 Å². The van der Waals surface area contributed by atoms with E-state index in [2.05, 4.69) is 11.5 Å². The van der Waals surface area contributed by atoms with Crippen molar-refractivity contribution in [1.29, 1.82) is 0 Å². The number of hydrogen-bond acceptors (Lipinski definition) is 5. The maximum atomic E-state index is 6.17. The van der Waals surface area contributed by atoms with Gasteiger partial charge in [-0.1, -0.05) is 0 Å². The first kappa shape index (κ1) is 14.4. The highest BCUT2D eigenvalue weighted by molar-refractivity contribution is 7.99. The van der Waals surface area contributed by atoms with Crippen molar-refractivity contribution in [2.45, 2.75) is 44.2 Å². The Morgan fingerprint density at radius 1 is 1.45 bits per heavy atom. The number of hydrogen-bond donors (Lipinski definition) is 2. The van der Waals surface area contributed by atoms with Gasteiger partial charge in [0.1, 0.15) is 5.76 Å². The molecule has 4 nitrogen and oxygen atoms in total. The number of ether oxygens (including phenoxy) is 1. The largest absolute Gasteiger partial charge is 0.469 e. The summed E-state index contributed by atoms with van der Waals surface area (Å²) in [6, 6.07) is 2.26. The topological polar surface area (TPSA) is 60.4 Å². The van der Waals surface area contributed by atoms with E-state index in [0.717, 1.165) is 30.8 Å². The fourth-order valence-corrected chi connectivity index (χ4v) is 4.81. The molecule has 2 unspecified atom stereocenters. The highest BCUT2D eigenvalue weighted by atomic mass is 32.2. The van der Waals surface area contributed by atoms with Gasteiger partial charge in [-0.2, -0.15) is 11.8 Å². The molecule has 5 heteroatoms. The first-order valence-electron chi connectivity index (χ1n) is 7.45. The second kappa shape index (κ2) is 6.10. The van der Waals surface area contributed by atoms with Gasteiger partial charge in [0.2, 0.25) is 0 Å². The molecule has 3 rings (SSSR count). The molecule has 2 atom stereocenters. The van der Waals surface area contributed by atoms with E-state index in [0.29, 0.717) is 5.92 Å². The summed E-state index contributed by atoms with van der Waals surface area (Å²) < 4.78 is 11.6. The lowest BCUT2D eigenvalue weighted by Gasteiger charge is -2.45. The van der Waals surface area contributed by atoms with Crippen molar-refractivity contribution < 1.29 is 9.15 Å². The lowest BCUT2D eigenvalue weighted by Crippen LogP contribution is -2.46. The Morgan fingerprint density at radius 3 is 2.90 bits per heavy atom. The summed E-state index contributed by atoms with van der Waals surface area (Å²) in [5, 5.41) is 0. The highest BCUT2D eigenvalue weighted by Gasteiger charge is 2.41. The minimum absolute atomic E-state index is 0.0993. The molecule has 2 aliphatic heterocycles. The van der Waals surface area contributed by atoms with Crippen LogP contribution >= 0.6 is 11.8 Å². The maximum Gasteiger partial charge on any atom is 0.101 e. The third-order valence-electron chi connectivity index (χ3n) is 4.70. The van der Waals surface area contributed by atoms with Crippen molar-refractivity contribution in [3.63, 3.8) is 0 Å². The third kappa shape index (κ3) is 2.91. The second-order valence-electron chi connectivity index (χ2n) is 6.03. The maximum absolute atomic E-state index is 6.17. The number of thioether (sulfide) groups is 1. The summed E-state index contributed by atoms with van der Waals surface area (Å²) in [4.78, 5) is 0. The molecule has 0 amide bonds. The zero-order valence-electron chi connectivity index (χ0n) is 12.1. The Morgan fingerprint density at radius 2 is 2.25 bits per heavy atom. The molecule has 0 radical (unpaired) electrons. The van der Waals surface area contributed by atoms with Gasteiger partial charge in [-0.25, -0.2) is 0 Å². The number of hydrazine groups is 1. The minimum atomic E-state index is 0.0993. The Labute approximate surface area is 124 Å². The number of nitrogens with two attached hydrogens (primary N) is 1. The van der Waals surface area contributed by atoms with Crippen molar-refractivity contribution >= 4 is 11.8 Å². The smallest absolute Gasteiger partial charge is 0.101 e. The van der Waals surface area contributed by atoms with Crippen LogP contribution in [0.3, 0.4) is 0 Å². The van der Waals surface area contributed by atoms with Crippen LogP contribution in [0.4, 0.5) is 0 Å². The van der Waals surface area contributed by atoms with E-state index in [1.54, 1.807) is 0 Å². The van der Waals surface area contributed by atoms with Crippen LogP contribution in [0.15, 0.2) is 16.7 Å². The number of aryl methyl sites for hydroxylation is 1. The quantitative estimate of drug-likeness (QED) is 0.663. The number of rotatable bonds is 3. The van der Waals surface area contributed by atoms with Crippen molar-refractivity contribution in [1.82, 2.24) is 5.43 Å². The van der Waals surface area contributed by atoms with Crippen LogP contribution < -0.4 is 11.3 Å². The first-order valence-corrected chi connectivity index (χ1v) is 8.61. The monoisotopic (exact) mass is 296 g/mol. The van der Waals surface area contributed by atoms with Crippen LogP contribution in [0.1, 0.15) is 43.0 Å². The summed E-state index contributed by atoms with van der Waals surface area (Å²) in [5.74, 6) is 9.73. The Bertz CT molecular complexity index is 437. The average Bonchev–Trinajstić information content (AvgIpc) is 2.87. The van der Waals surface area contributed by atoms with Crippen molar-refractivity contribution in [3.05, 3.63) is 23.7 Å². The molecule has 2 saturated heterocycles. The molecule has 1 spiro atoms. The molecule has 20 heavy (non-hydrogen) atoms. The van der Waals surface area contributed by atoms with E-state index < -0.39 is 0 Å². The fourth-order valence-electron chi connectivity index (χ4n) is 3.57. The molecule has 0 saturated carbocycles. The van der Waals surface area contributed by atoms with Crippen LogP contribution in [0.2, 0.25) is 0 Å². The first-order chi connectivity index (χ1) is 9.72. The van der Waals surface area contributed by atoms with Gasteiger partial charge in [-0.3, -0.25) is 11.3 Å². The van der Waals surface area contributed by atoms with Gasteiger partial charge >= 0.3 is 0 Å².